The minimum absolute atomic E-state index is 0.0408. The molecule has 1 aliphatic rings. The van der Waals surface area contributed by atoms with Crippen LogP contribution in [-0.2, 0) is 10.5 Å². The van der Waals surface area contributed by atoms with Gasteiger partial charge in [0.1, 0.15) is 4.38 Å². The van der Waals surface area contributed by atoms with Gasteiger partial charge >= 0.3 is 0 Å². The van der Waals surface area contributed by atoms with Crippen molar-refractivity contribution in [1.29, 1.82) is 0 Å². The molecular weight excluding hydrogens is 334 g/mol. The number of thiazole rings is 1. The van der Waals surface area contributed by atoms with E-state index >= 15 is 0 Å². The molecule has 1 aromatic carbocycles. The summed E-state index contributed by atoms with van der Waals surface area (Å²) in [5.41, 5.74) is 3.22. The number of para-hydroxylation sites is 1. The van der Waals surface area contributed by atoms with E-state index in [1.54, 1.807) is 11.8 Å². The third-order valence-corrected chi connectivity index (χ3v) is 6.39. The minimum atomic E-state index is -0.0408. The van der Waals surface area contributed by atoms with E-state index in [2.05, 4.69) is 21.4 Å². The number of benzene rings is 1. The minimum Gasteiger partial charge on any atom is -0.301 e. The molecular formula is C15H15N3OS3. The van der Waals surface area contributed by atoms with Crippen LogP contribution in [0.5, 0.6) is 0 Å². The molecule has 1 aliphatic heterocycles. The number of anilines is 1. The van der Waals surface area contributed by atoms with Crippen LogP contribution in [0.3, 0.4) is 0 Å². The first-order chi connectivity index (χ1) is 10.6. The molecule has 3 rings (SSSR count). The van der Waals surface area contributed by atoms with Gasteiger partial charge < -0.3 is 5.32 Å². The fraction of sp³-hybridized carbons (Fsp3) is 0.267. The van der Waals surface area contributed by atoms with Crippen LogP contribution in [0.1, 0.15) is 16.1 Å². The SMILES string of the molecule is Cc1nc(NC(=O)CSC2=Nc3ccccc3CS2)sc1C. The van der Waals surface area contributed by atoms with Gasteiger partial charge in [-0.1, -0.05) is 41.7 Å². The number of rotatable bonds is 3. The summed E-state index contributed by atoms with van der Waals surface area (Å²) in [5.74, 6) is 1.22. The zero-order chi connectivity index (χ0) is 15.5. The van der Waals surface area contributed by atoms with Crippen molar-refractivity contribution in [3.8, 4) is 0 Å². The summed E-state index contributed by atoms with van der Waals surface area (Å²) in [7, 11) is 0. The van der Waals surface area contributed by atoms with Crippen LogP contribution in [0.15, 0.2) is 29.3 Å². The summed E-state index contributed by atoms with van der Waals surface area (Å²) in [6.45, 7) is 3.95. The van der Waals surface area contributed by atoms with Crippen molar-refractivity contribution in [1.82, 2.24) is 4.98 Å². The summed E-state index contributed by atoms with van der Waals surface area (Å²) in [6.07, 6.45) is 0. The van der Waals surface area contributed by atoms with E-state index in [9.17, 15) is 4.79 Å². The van der Waals surface area contributed by atoms with Crippen molar-refractivity contribution < 1.29 is 4.79 Å². The molecule has 0 saturated carbocycles. The third-order valence-electron chi connectivity index (χ3n) is 3.16. The first-order valence-corrected chi connectivity index (χ1v) is 9.56. The molecule has 114 valence electrons. The largest absolute Gasteiger partial charge is 0.301 e. The zero-order valence-corrected chi connectivity index (χ0v) is 14.7. The summed E-state index contributed by atoms with van der Waals surface area (Å²) in [6, 6.07) is 8.11. The molecule has 22 heavy (non-hydrogen) atoms. The monoisotopic (exact) mass is 349 g/mol. The van der Waals surface area contributed by atoms with Crippen molar-refractivity contribution in [2.75, 3.05) is 11.1 Å². The Morgan fingerprint density at radius 1 is 1.36 bits per heavy atom. The van der Waals surface area contributed by atoms with Gasteiger partial charge in [-0.3, -0.25) is 4.79 Å². The average Bonchev–Trinajstić information content (AvgIpc) is 2.83. The summed E-state index contributed by atoms with van der Waals surface area (Å²) in [4.78, 5) is 22.0. The van der Waals surface area contributed by atoms with E-state index < -0.39 is 0 Å². The molecule has 0 spiro atoms. The van der Waals surface area contributed by atoms with E-state index in [1.165, 1.54) is 28.7 Å². The number of carbonyl (C=O) groups excluding carboxylic acids is 1. The van der Waals surface area contributed by atoms with Crippen LogP contribution in [0.4, 0.5) is 10.8 Å². The molecule has 4 nitrogen and oxygen atoms in total. The van der Waals surface area contributed by atoms with Crippen LogP contribution in [0.2, 0.25) is 0 Å². The van der Waals surface area contributed by atoms with Crippen LogP contribution in [0.25, 0.3) is 0 Å². The number of hydrogen-bond acceptors (Lipinski definition) is 6. The Morgan fingerprint density at radius 2 is 2.18 bits per heavy atom. The number of nitrogens with zero attached hydrogens (tertiary/aromatic N) is 2. The van der Waals surface area contributed by atoms with Gasteiger partial charge in [0.15, 0.2) is 5.13 Å². The summed E-state index contributed by atoms with van der Waals surface area (Å²) < 4.78 is 0.945. The number of thioether (sulfide) groups is 2. The highest BCUT2D eigenvalue weighted by molar-refractivity contribution is 8.38. The van der Waals surface area contributed by atoms with Gasteiger partial charge in [0, 0.05) is 10.6 Å². The first-order valence-electron chi connectivity index (χ1n) is 6.78. The lowest BCUT2D eigenvalue weighted by Crippen LogP contribution is -2.15. The maximum atomic E-state index is 12.0. The Hall–Kier alpha value is -1.31. The molecule has 0 saturated heterocycles. The molecule has 0 fully saturated rings. The fourth-order valence-electron chi connectivity index (χ4n) is 1.89. The van der Waals surface area contributed by atoms with Crippen molar-refractivity contribution in [3.05, 3.63) is 40.4 Å². The number of hydrogen-bond donors (Lipinski definition) is 1. The molecule has 0 aliphatic carbocycles. The van der Waals surface area contributed by atoms with Crippen LogP contribution in [0, 0.1) is 13.8 Å². The van der Waals surface area contributed by atoms with E-state index in [0.29, 0.717) is 10.9 Å². The van der Waals surface area contributed by atoms with Gasteiger partial charge in [-0.2, -0.15) is 0 Å². The van der Waals surface area contributed by atoms with E-state index in [-0.39, 0.29) is 5.91 Å². The van der Waals surface area contributed by atoms with Crippen LogP contribution in [-0.4, -0.2) is 21.0 Å². The van der Waals surface area contributed by atoms with Gasteiger partial charge in [-0.05, 0) is 25.5 Å². The highest BCUT2D eigenvalue weighted by atomic mass is 32.2. The molecule has 0 unspecified atom stereocenters. The number of aromatic nitrogens is 1. The predicted octanol–water partition coefficient (Wildman–Crippen LogP) is 4.37. The van der Waals surface area contributed by atoms with E-state index in [1.807, 2.05) is 32.0 Å². The molecule has 0 bridgehead atoms. The summed E-state index contributed by atoms with van der Waals surface area (Å²) >= 11 is 4.66. The number of nitrogens with one attached hydrogen (secondary N) is 1. The molecule has 1 N–H and O–H groups in total. The molecule has 0 atom stereocenters. The maximum absolute atomic E-state index is 12.0. The number of amides is 1. The lowest BCUT2D eigenvalue weighted by Gasteiger charge is -2.13. The van der Waals surface area contributed by atoms with Gasteiger partial charge in [-0.25, -0.2) is 9.98 Å². The quantitative estimate of drug-likeness (QED) is 0.894. The Bertz CT molecular complexity index is 720. The summed E-state index contributed by atoms with van der Waals surface area (Å²) in [5, 5.41) is 3.52. The smallest absolute Gasteiger partial charge is 0.236 e. The number of aryl methyl sites for hydroxylation is 2. The van der Waals surface area contributed by atoms with E-state index in [4.69, 9.17) is 0 Å². The Balaban J connectivity index is 1.57. The average molecular weight is 350 g/mol. The lowest BCUT2D eigenvalue weighted by molar-refractivity contribution is -0.113. The Morgan fingerprint density at radius 3 is 2.95 bits per heavy atom. The maximum Gasteiger partial charge on any atom is 0.236 e. The second-order valence-corrected chi connectivity index (χ2v) is 8.18. The van der Waals surface area contributed by atoms with Crippen molar-refractivity contribution in [2.24, 2.45) is 4.99 Å². The van der Waals surface area contributed by atoms with E-state index in [0.717, 1.165) is 26.4 Å². The van der Waals surface area contributed by atoms with Crippen LogP contribution < -0.4 is 5.32 Å². The number of carbonyl (C=O) groups is 1. The van der Waals surface area contributed by atoms with Crippen molar-refractivity contribution in [2.45, 2.75) is 19.6 Å². The number of aliphatic imine (C=N–C) groups is 1. The van der Waals surface area contributed by atoms with Crippen molar-refractivity contribution >= 4 is 56.0 Å². The number of fused-ring (bicyclic) bond motifs is 1. The van der Waals surface area contributed by atoms with Crippen molar-refractivity contribution in [3.63, 3.8) is 0 Å². The molecule has 2 heterocycles. The molecule has 0 radical (unpaired) electrons. The second kappa shape index (κ2) is 6.85. The highest BCUT2D eigenvalue weighted by Crippen LogP contribution is 2.34. The molecule has 1 amide bonds. The van der Waals surface area contributed by atoms with Gasteiger partial charge in [-0.15, -0.1) is 11.3 Å². The van der Waals surface area contributed by atoms with Gasteiger partial charge in [0.25, 0.3) is 0 Å². The second-order valence-electron chi connectivity index (χ2n) is 4.79. The topological polar surface area (TPSA) is 54.4 Å². The highest BCUT2D eigenvalue weighted by Gasteiger charge is 2.14. The first kappa shape index (κ1) is 15.6. The Kier molecular flexibility index (Phi) is 4.85. The fourth-order valence-corrected chi connectivity index (χ4v) is 4.59. The predicted molar refractivity (Wildman–Crippen MR) is 97.5 cm³/mol. The Labute approximate surface area is 141 Å². The zero-order valence-electron chi connectivity index (χ0n) is 12.3. The standard InChI is InChI=1S/C15H15N3OS3/c1-9-10(2)22-14(16-9)18-13(19)8-21-15-17-12-6-4-3-5-11(12)7-20-15/h3-6H,7-8H2,1-2H3,(H,16,18,19). The lowest BCUT2D eigenvalue weighted by atomic mass is 10.2. The van der Waals surface area contributed by atoms with Gasteiger partial charge in [0.05, 0.1) is 17.1 Å². The molecule has 2 aromatic rings. The van der Waals surface area contributed by atoms with Crippen LogP contribution >= 0.6 is 34.9 Å². The van der Waals surface area contributed by atoms with Gasteiger partial charge in [0.2, 0.25) is 5.91 Å². The normalized spacial score (nSPS) is 13.5. The molecule has 7 heteroatoms. The third kappa shape index (κ3) is 3.71. The molecule has 1 aromatic heterocycles.